The fraction of sp³-hybridized carbons (Fsp3) is 0.474. The number of rotatable bonds is 8. The van der Waals surface area contributed by atoms with Gasteiger partial charge in [0.15, 0.2) is 5.96 Å². The zero-order valence-corrected chi connectivity index (χ0v) is 14.9. The molecule has 1 unspecified atom stereocenters. The summed E-state index contributed by atoms with van der Waals surface area (Å²) in [7, 11) is 0. The molecule has 1 atom stereocenters. The molecule has 24 heavy (non-hydrogen) atoms. The molecule has 0 aliphatic rings. The van der Waals surface area contributed by atoms with Crippen LogP contribution in [0.4, 0.5) is 0 Å². The Morgan fingerprint density at radius 1 is 1.25 bits per heavy atom. The van der Waals surface area contributed by atoms with Gasteiger partial charge in [0, 0.05) is 18.4 Å². The van der Waals surface area contributed by atoms with Crippen LogP contribution >= 0.6 is 0 Å². The summed E-state index contributed by atoms with van der Waals surface area (Å²) in [5.41, 5.74) is 8.24. The van der Waals surface area contributed by atoms with Gasteiger partial charge in [-0.15, -0.1) is 0 Å². The number of hydrogen-bond donors (Lipinski definition) is 2. The summed E-state index contributed by atoms with van der Waals surface area (Å²) < 4.78 is 1.99. The summed E-state index contributed by atoms with van der Waals surface area (Å²) in [6, 6.07) is 8.50. The molecule has 2 aromatic rings. The van der Waals surface area contributed by atoms with Crippen LogP contribution in [0.5, 0.6) is 0 Å². The topological polar surface area (TPSA) is 68.2 Å². The Morgan fingerprint density at radius 2 is 2.04 bits per heavy atom. The smallest absolute Gasteiger partial charge is 0.189 e. The molecule has 0 amide bonds. The van der Waals surface area contributed by atoms with Gasteiger partial charge < -0.3 is 15.6 Å². The zero-order valence-electron chi connectivity index (χ0n) is 14.9. The molecule has 3 N–H and O–H groups in total. The fourth-order valence-corrected chi connectivity index (χ4v) is 2.67. The van der Waals surface area contributed by atoms with Crippen molar-refractivity contribution >= 4 is 5.96 Å². The van der Waals surface area contributed by atoms with Crippen molar-refractivity contribution in [2.45, 2.75) is 52.6 Å². The van der Waals surface area contributed by atoms with Gasteiger partial charge in [-0.1, -0.05) is 44.9 Å². The number of aliphatic imine (C=N–C) groups is 1. The molecule has 0 spiro atoms. The average molecular weight is 327 g/mol. The van der Waals surface area contributed by atoms with Crippen molar-refractivity contribution in [3.63, 3.8) is 0 Å². The third-order valence-electron chi connectivity index (χ3n) is 4.01. The van der Waals surface area contributed by atoms with E-state index in [0.717, 1.165) is 23.6 Å². The number of nitrogens with two attached hydrogens (primary N) is 1. The first-order valence-corrected chi connectivity index (χ1v) is 8.69. The summed E-state index contributed by atoms with van der Waals surface area (Å²) in [5.74, 6) is 1.26. The second-order valence-corrected chi connectivity index (χ2v) is 6.67. The van der Waals surface area contributed by atoms with Crippen LogP contribution in [0.25, 0.3) is 5.69 Å². The number of imidazole rings is 1. The molecule has 1 aromatic carbocycles. The fourth-order valence-electron chi connectivity index (χ4n) is 2.67. The largest absolute Gasteiger partial charge is 0.370 e. The number of guanidine groups is 1. The Morgan fingerprint density at radius 3 is 2.75 bits per heavy atom. The Hall–Kier alpha value is -2.30. The number of para-hydroxylation sites is 1. The normalized spacial score (nSPS) is 13.2. The minimum atomic E-state index is 0.344. The van der Waals surface area contributed by atoms with E-state index in [1.54, 1.807) is 12.5 Å². The third kappa shape index (κ3) is 5.72. The molecule has 0 saturated carbocycles. The molecule has 1 aromatic heterocycles. The van der Waals surface area contributed by atoms with Crippen molar-refractivity contribution < 1.29 is 0 Å². The van der Waals surface area contributed by atoms with E-state index in [-0.39, 0.29) is 0 Å². The van der Waals surface area contributed by atoms with Crippen molar-refractivity contribution in [3.8, 4) is 5.69 Å². The maximum atomic E-state index is 6.04. The molecule has 0 bridgehead atoms. The number of hydrogen-bond acceptors (Lipinski definition) is 2. The minimum absolute atomic E-state index is 0.344. The van der Waals surface area contributed by atoms with Crippen LogP contribution < -0.4 is 11.1 Å². The van der Waals surface area contributed by atoms with Crippen LogP contribution in [-0.4, -0.2) is 21.6 Å². The highest BCUT2D eigenvalue weighted by Crippen LogP contribution is 2.15. The molecule has 5 heteroatoms. The van der Waals surface area contributed by atoms with E-state index in [0.29, 0.717) is 18.5 Å². The summed E-state index contributed by atoms with van der Waals surface area (Å²) in [6.45, 7) is 7.21. The van der Waals surface area contributed by atoms with Crippen molar-refractivity contribution in [2.75, 3.05) is 0 Å². The highest BCUT2D eigenvalue weighted by molar-refractivity contribution is 5.78. The molecule has 2 rings (SSSR count). The quantitative estimate of drug-likeness (QED) is 0.576. The number of benzene rings is 1. The molecule has 0 aliphatic carbocycles. The number of aromatic nitrogens is 2. The predicted molar refractivity (Wildman–Crippen MR) is 100 cm³/mol. The Bertz CT molecular complexity index is 631. The maximum absolute atomic E-state index is 6.04. The summed E-state index contributed by atoms with van der Waals surface area (Å²) in [6.07, 6.45) is 9.07. The van der Waals surface area contributed by atoms with Gasteiger partial charge in [0.1, 0.15) is 0 Å². The lowest BCUT2D eigenvalue weighted by atomic mass is 10.0. The highest BCUT2D eigenvalue weighted by Gasteiger charge is 2.06. The second-order valence-electron chi connectivity index (χ2n) is 6.67. The molecule has 130 valence electrons. The summed E-state index contributed by atoms with van der Waals surface area (Å²) in [4.78, 5) is 8.60. The van der Waals surface area contributed by atoms with E-state index in [1.165, 1.54) is 12.8 Å². The van der Waals surface area contributed by atoms with Gasteiger partial charge in [-0.05, 0) is 30.9 Å². The lowest BCUT2D eigenvalue weighted by molar-refractivity contribution is 0.493. The van der Waals surface area contributed by atoms with Gasteiger partial charge in [0.05, 0.1) is 18.6 Å². The van der Waals surface area contributed by atoms with E-state index in [1.807, 2.05) is 22.9 Å². The summed E-state index contributed by atoms with van der Waals surface area (Å²) >= 11 is 0. The van der Waals surface area contributed by atoms with Gasteiger partial charge in [0.2, 0.25) is 0 Å². The van der Waals surface area contributed by atoms with E-state index in [9.17, 15) is 0 Å². The highest BCUT2D eigenvalue weighted by atomic mass is 15.1. The van der Waals surface area contributed by atoms with Crippen LogP contribution in [0.3, 0.4) is 0 Å². The van der Waals surface area contributed by atoms with Crippen molar-refractivity contribution in [3.05, 3.63) is 48.5 Å². The summed E-state index contributed by atoms with van der Waals surface area (Å²) in [5, 5.41) is 3.29. The molecule has 0 saturated heterocycles. The first-order chi connectivity index (χ1) is 11.6. The lowest BCUT2D eigenvalue weighted by Crippen LogP contribution is -2.38. The lowest BCUT2D eigenvalue weighted by Gasteiger charge is -2.15. The Labute approximate surface area is 145 Å². The van der Waals surface area contributed by atoms with Gasteiger partial charge in [-0.2, -0.15) is 0 Å². The van der Waals surface area contributed by atoms with Crippen LogP contribution in [0.15, 0.2) is 48.0 Å². The molecule has 1 heterocycles. The molecule has 5 nitrogen and oxygen atoms in total. The van der Waals surface area contributed by atoms with E-state index in [4.69, 9.17) is 5.73 Å². The number of nitrogens with zero attached hydrogens (tertiary/aromatic N) is 3. The molecular formula is C19H29N5. The van der Waals surface area contributed by atoms with Crippen LogP contribution in [0, 0.1) is 5.92 Å². The van der Waals surface area contributed by atoms with Crippen LogP contribution in [0.2, 0.25) is 0 Å². The van der Waals surface area contributed by atoms with Gasteiger partial charge in [-0.25, -0.2) is 9.98 Å². The number of nitrogens with one attached hydrogen (secondary N) is 1. The van der Waals surface area contributed by atoms with E-state index >= 15 is 0 Å². The first-order valence-electron chi connectivity index (χ1n) is 8.69. The van der Waals surface area contributed by atoms with Crippen LogP contribution in [-0.2, 0) is 6.54 Å². The predicted octanol–water partition coefficient (Wildman–Crippen LogP) is 3.49. The average Bonchev–Trinajstić information content (AvgIpc) is 3.07. The van der Waals surface area contributed by atoms with Crippen molar-refractivity contribution in [1.82, 2.24) is 14.9 Å². The van der Waals surface area contributed by atoms with Gasteiger partial charge in [-0.3, -0.25) is 0 Å². The Kier molecular flexibility index (Phi) is 6.85. The second kappa shape index (κ2) is 9.11. The molecule has 0 radical (unpaired) electrons. The zero-order chi connectivity index (χ0) is 17.4. The van der Waals surface area contributed by atoms with E-state index in [2.05, 4.69) is 48.2 Å². The maximum Gasteiger partial charge on any atom is 0.189 e. The SMILES string of the molecule is CC(C)CCCC(C)NC(N)=NCc1ccccc1-n1ccnc1. The van der Waals surface area contributed by atoms with Crippen LogP contribution in [0.1, 0.15) is 45.6 Å². The van der Waals surface area contributed by atoms with Crippen molar-refractivity contribution in [2.24, 2.45) is 16.6 Å². The minimum Gasteiger partial charge on any atom is -0.370 e. The first kappa shape index (κ1) is 18.0. The Balaban J connectivity index is 1.91. The third-order valence-corrected chi connectivity index (χ3v) is 4.01. The van der Waals surface area contributed by atoms with Crippen molar-refractivity contribution in [1.29, 1.82) is 0 Å². The van der Waals surface area contributed by atoms with E-state index < -0.39 is 0 Å². The van der Waals surface area contributed by atoms with Gasteiger partial charge >= 0.3 is 0 Å². The monoisotopic (exact) mass is 327 g/mol. The van der Waals surface area contributed by atoms with Gasteiger partial charge in [0.25, 0.3) is 0 Å². The molecular weight excluding hydrogens is 298 g/mol. The standard InChI is InChI=1S/C19H29N5/c1-15(2)7-6-8-16(3)23-19(20)22-13-17-9-4-5-10-18(17)24-12-11-21-14-24/h4-5,9-12,14-16H,6-8,13H2,1-3H3,(H3,20,22,23). The molecule has 0 fully saturated rings. The molecule has 0 aliphatic heterocycles.